The molecule has 0 aliphatic rings. The van der Waals surface area contributed by atoms with Crippen LogP contribution < -0.4 is 0 Å². The van der Waals surface area contributed by atoms with Crippen LogP contribution in [0.4, 0.5) is 0 Å². The SMILES string of the molecule is CCC.CCCCC/C=C\C/C=C\CCCCCCCC(=O)O. The lowest BCUT2D eigenvalue weighted by Gasteiger charge is -1.98. The summed E-state index contributed by atoms with van der Waals surface area (Å²) in [4.78, 5) is 10.3. The Morgan fingerprint density at radius 3 is 1.74 bits per heavy atom. The molecule has 0 aliphatic carbocycles. The van der Waals surface area contributed by atoms with E-state index in [2.05, 4.69) is 45.1 Å². The third kappa shape index (κ3) is 29.6. The Morgan fingerprint density at radius 1 is 0.739 bits per heavy atom. The molecule has 0 saturated carbocycles. The molecule has 0 bridgehead atoms. The molecule has 0 atom stereocenters. The lowest BCUT2D eigenvalue weighted by Crippen LogP contribution is -1.93. The second-order valence-corrected chi connectivity index (χ2v) is 6.08. The first-order valence-corrected chi connectivity index (χ1v) is 9.70. The molecule has 2 nitrogen and oxygen atoms in total. The van der Waals surface area contributed by atoms with Crippen molar-refractivity contribution in [2.45, 2.75) is 104 Å². The first-order chi connectivity index (χ1) is 11.2. The Morgan fingerprint density at radius 2 is 1.22 bits per heavy atom. The molecule has 0 aromatic carbocycles. The van der Waals surface area contributed by atoms with Crippen molar-refractivity contribution in [1.82, 2.24) is 0 Å². The number of carboxylic acid groups (broad SMARTS) is 1. The molecule has 23 heavy (non-hydrogen) atoms. The van der Waals surface area contributed by atoms with Gasteiger partial charge in [-0.25, -0.2) is 0 Å². The van der Waals surface area contributed by atoms with E-state index in [0.29, 0.717) is 6.42 Å². The summed E-state index contributed by atoms with van der Waals surface area (Å²) in [5.41, 5.74) is 0. The van der Waals surface area contributed by atoms with Crippen molar-refractivity contribution in [3.05, 3.63) is 24.3 Å². The van der Waals surface area contributed by atoms with Gasteiger partial charge in [0.25, 0.3) is 0 Å². The van der Waals surface area contributed by atoms with Crippen molar-refractivity contribution in [1.29, 1.82) is 0 Å². The molecule has 0 radical (unpaired) electrons. The summed E-state index contributed by atoms with van der Waals surface area (Å²) < 4.78 is 0. The van der Waals surface area contributed by atoms with Crippen LogP contribution in [0, 0.1) is 0 Å². The maximum absolute atomic E-state index is 10.3. The van der Waals surface area contributed by atoms with Crippen LogP contribution in [0.15, 0.2) is 24.3 Å². The van der Waals surface area contributed by atoms with Crippen molar-refractivity contribution >= 4 is 5.97 Å². The van der Waals surface area contributed by atoms with Crippen LogP contribution in [0.3, 0.4) is 0 Å². The molecule has 0 aromatic heterocycles. The maximum Gasteiger partial charge on any atom is 0.303 e. The average molecular weight is 325 g/mol. The van der Waals surface area contributed by atoms with Gasteiger partial charge in [-0.05, 0) is 38.5 Å². The molecule has 1 N–H and O–H groups in total. The monoisotopic (exact) mass is 324 g/mol. The van der Waals surface area contributed by atoms with E-state index in [9.17, 15) is 4.79 Å². The fraction of sp³-hybridized carbons (Fsp3) is 0.762. The summed E-state index contributed by atoms with van der Waals surface area (Å²) in [5, 5.41) is 8.50. The zero-order valence-corrected chi connectivity index (χ0v) is 15.9. The number of allylic oxidation sites excluding steroid dienone is 4. The summed E-state index contributed by atoms with van der Waals surface area (Å²) in [6, 6.07) is 0. The average Bonchev–Trinajstić information content (AvgIpc) is 2.51. The number of carboxylic acids is 1. The van der Waals surface area contributed by atoms with Crippen LogP contribution in [0.1, 0.15) is 104 Å². The quantitative estimate of drug-likeness (QED) is 0.269. The van der Waals surface area contributed by atoms with Crippen LogP contribution in [-0.2, 0) is 4.79 Å². The van der Waals surface area contributed by atoms with Crippen molar-refractivity contribution in [3.63, 3.8) is 0 Å². The molecule has 0 heterocycles. The molecule has 0 aliphatic heterocycles. The molecule has 2 heteroatoms. The molecule has 0 fully saturated rings. The molecule has 0 spiro atoms. The van der Waals surface area contributed by atoms with Crippen LogP contribution in [0.2, 0.25) is 0 Å². The van der Waals surface area contributed by atoms with E-state index in [1.54, 1.807) is 0 Å². The standard InChI is InChI=1S/C18H32O2.C3H8/c1-2-3-4-5-6-7-8-9-10-11-12-13-14-15-16-17-18(19)20;1-3-2/h6-7,9-10H,2-5,8,11-17H2,1H3,(H,19,20);3H2,1-2H3/b7-6-,10-9-;. The Bertz CT molecular complexity index is 280. The molecular weight excluding hydrogens is 284 g/mol. The highest BCUT2D eigenvalue weighted by molar-refractivity contribution is 5.66. The lowest BCUT2D eigenvalue weighted by molar-refractivity contribution is -0.137. The zero-order valence-electron chi connectivity index (χ0n) is 15.9. The van der Waals surface area contributed by atoms with Crippen LogP contribution in [0.5, 0.6) is 0 Å². The first-order valence-electron chi connectivity index (χ1n) is 9.70. The van der Waals surface area contributed by atoms with E-state index >= 15 is 0 Å². The van der Waals surface area contributed by atoms with Gasteiger partial charge in [0.15, 0.2) is 0 Å². The van der Waals surface area contributed by atoms with Gasteiger partial charge in [-0.15, -0.1) is 0 Å². The molecule has 0 unspecified atom stereocenters. The van der Waals surface area contributed by atoms with E-state index < -0.39 is 5.97 Å². The van der Waals surface area contributed by atoms with Gasteiger partial charge in [0, 0.05) is 6.42 Å². The summed E-state index contributed by atoms with van der Waals surface area (Å²) >= 11 is 0. The summed E-state index contributed by atoms with van der Waals surface area (Å²) in [7, 11) is 0. The smallest absolute Gasteiger partial charge is 0.303 e. The van der Waals surface area contributed by atoms with Gasteiger partial charge in [0.05, 0.1) is 0 Å². The normalized spacial score (nSPS) is 10.9. The van der Waals surface area contributed by atoms with Crippen molar-refractivity contribution in [3.8, 4) is 0 Å². The highest BCUT2D eigenvalue weighted by Gasteiger charge is 1.95. The number of aliphatic carboxylic acids is 1. The third-order valence-electron chi connectivity index (χ3n) is 3.34. The summed E-state index contributed by atoms with van der Waals surface area (Å²) in [5.74, 6) is -0.671. The largest absolute Gasteiger partial charge is 0.481 e. The number of hydrogen-bond donors (Lipinski definition) is 1. The minimum atomic E-state index is -0.671. The fourth-order valence-corrected chi connectivity index (χ4v) is 2.09. The number of carbonyl (C=O) groups is 1. The van der Waals surface area contributed by atoms with Crippen molar-refractivity contribution in [2.24, 2.45) is 0 Å². The van der Waals surface area contributed by atoms with Gasteiger partial charge < -0.3 is 5.11 Å². The van der Waals surface area contributed by atoms with Gasteiger partial charge in [0.1, 0.15) is 0 Å². The number of rotatable bonds is 14. The first kappa shape index (κ1) is 24.2. The van der Waals surface area contributed by atoms with Crippen LogP contribution >= 0.6 is 0 Å². The predicted octanol–water partition coefficient (Wildman–Crippen LogP) is 7.30. The second kappa shape index (κ2) is 23.2. The molecule has 0 rings (SSSR count). The Kier molecular flexibility index (Phi) is 24.4. The topological polar surface area (TPSA) is 37.3 Å². The second-order valence-electron chi connectivity index (χ2n) is 6.08. The zero-order chi connectivity index (χ0) is 17.6. The number of hydrogen-bond acceptors (Lipinski definition) is 1. The maximum atomic E-state index is 10.3. The van der Waals surface area contributed by atoms with E-state index in [4.69, 9.17) is 5.11 Å². The Labute approximate surface area is 145 Å². The Balaban J connectivity index is 0. The van der Waals surface area contributed by atoms with E-state index in [0.717, 1.165) is 25.7 Å². The number of unbranched alkanes of at least 4 members (excludes halogenated alkanes) is 8. The van der Waals surface area contributed by atoms with Gasteiger partial charge in [0.2, 0.25) is 0 Å². The molecule has 0 aromatic rings. The van der Waals surface area contributed by atoms with Crippen molar-refractivity contribution in [2.75, 3.05) is 0 Å². The molecule has 136 valence electrons. The lowest BCUT2D eigenvalue weighted by atomic mass is 10.1. The van der Waals surface area contributed by atoms with Gasteiger partial charge in [-0.1, -0.05) is 83.6 Å². The minimum absolute atomic E-state index is 0.324. The van der Waals surface area contributed by atoms with Gasteiger partial charge in [-0.2, -0.15) is 0 Å². The fourth-order valence-electron chi connectivity index (χ4n) is 2.09. The van der Waals surface area contributed by atoms with Crippen LogP contribution in [0.25, 0.3) is 0 Å². The minimum Gasteiger partial charge on any atom is -0.481 e. The van der Waals surface area contributed by atoms with Gasteiger partial charge in [-0.3, -0.25) is 4.79 Å². The summed E-state index contributed by atoms with van der Waals surface area (Å²) in [6.07, 6.45) is 23.5. The van der Waals surface area contributed by atoms with E-state index in [1.165, 1.54) is 51.4 Å². The predicted molar refractivity (Wildman–Crippen MR) is 103 cm³/mol. The van der Waals surface area contributed by atoms with Crippen LogP contribution in [-0.4, -0.2) is 11.1 Å². The van der Waals surface area contributed by atoms with E-state index in [-0.39, 0.29) is 0 Å². The van der Waals surface area contributed by atoms with E-state index in [1.807, 2.05) is 0 Å². The third-order valence-corrected chi connectivity index (χ3v) is 3.34. The highest BCUT2D eigenvalue weighted by Crippen LogP contribution is 2.08. The molecule has 0 saturated heterocycles. The molecule has 0 amide bonds. The Hall–Kier alpha value is -1.05. The molecular formula is C21H40O2. The van der Waals surface area contributed by atoms with Gasteiger partial charge >= 0.3 is 5.97 Å². The van der Waals surface area contributed by atoms with Crippen molar-refractivity contribution < 1.29 is 9.90 Å². The summed E-state index contributed by atoms with van der Waals surface area (Å²) in [6.45, 7) is 6.48. The highest BCUT2D eigenvalue weighted by atomic mass is 16.4.